The fourth-order valence-corrected chi connectivity index (χ4v) is 1.58. The van der Waals surface area contributed by atoms with E-state index in [9.17, 15) is 4.79 Å². The minimum Gasteiger partial charge on any atom is -0.352 e. The number of carbonyl (C=O) groups excluding carboxylic acids is 1. The third-order valence-corrected chi connectivity index (χ3v) is 2.67. The Morgan fingerprint density at radius 3 is 2.59 bits per heavy atom. The van der Waals surface area contributed by atoms with Crippen LogP contribution >= 0.6 is 0 Å². The van der Waals surface area contributed by atoms with Crippen molar-refractivity contribution >= 4 is 5.91 Å². The summed E-state index contributed by atoms with van der Waals surface area (Å²) in [5, 5.41) is 2.91. The van der Waals surface area contributed by atoms with Crippen LogP contribution in [0, 0.1) is 6.92 Å². The van der Waals surface area contributed by atoms with Crippen molar-refractivity contribution in [1.82, 2.24) is 5.32 Å². The standard InChI is InChI=1S/C14H22N2O/c1-11-6-8-13(9-7-11)10-16-14(17)5-3-4-12(2)15/h6-9,12H,3-5,10,15H2,1-2H3,(H,16,17). The van der Waals surface area contributed by atoms with Crippen molar-refractivity contribution in [3.63, 3.8) is 0 Å². The molecule has 1 unspecified atom stereocenters. The van der Waals surface area contributed by atoms with Crippen molar-refractivity contribution in [1.29, 1.82) is 0 Å². The molecule has 1 amide bonds. The molecule has 3 heteroatoms. The molecule has 94 valence electrons. The van der Waals surface area contributed by atoms with Crippen molar-refractivity contribution < 1.29 is 4.79 Å². The summed E-state index contributed by atoms with van der Waals surface area (Å²) in [5.74, 6) is 0.103. The topological polar surface area (TPSA) is 55.1 Å². The molecular weight excluding hydrogens is 212 g/mol. The largest absolute Gasteiger partial charge is 0.352 e. The monoisotopic (exact) mass is 234 g/mol. The number of hydrogen-bond donors (Lipinski definition) is 2. The highest BCUT2D eigenvalue weighted by atomic mass is 16.1. The van der Waals surface area contributed by atoms with Gasteiger partial charge in [-0.05, 0) is 32.3 Å². The Hall–Kier alpha value is -1.35. The lowest BCUT2D eigenvalue weighted by Crippen LogP contribution is -2.23. The van der Waals surface area contributed by atoms with Crippen molar-refractivity contribution in [2.45, 2.75) is 45.7 Å². The van der Waals surface area contributed by atoms with Crippen LogP contribution in [0.1, 0.15) is 37.3 Å². The van der Waals surface area contributed by atoms with E-state index in [1.54, 1.807) is 0 Å². The molecule has 1 aromatic carbocycles. The quantitative estimate of drug-likeness (QED) is 0.792. The molecule has 17 heavy (non-hydrogen) atoms. The fraction of sp³-hybridized carbons (Fsp3) is 0.500. The maximum Gasteiger partial charge on any atom is 0.220 e. The molecule has 3 N–H and O–H groups in total. The summed E-state index contributed by atoms with van der Waals surface area (Å²) in [6, 6.07) is 8.37. The number of nitrogens with two attached hydrogens (primary N) is 1. The molecule has 0 aliphatic rings. The minimum absolute atomic E-state index is 0.103. The number of rotatable bonds is 6. The van der Waals surface area contributed by atoms with Gasteiger partial charge < -0.3 is 11.1 Å². The maximum absolute atomic E-state index is 11.5. The second-order valence-corrected chi connectivity index (χ2v) is 4.63. The molecule has 1 atom stereocenters. The van der Waals surface area contributed by atoms with Gasteiger partial charge in [-0.25, -0.2) is 0 Å². The molecule has 3 nitrogen and oxygen atoms in total. The Morgan fingerprint density at radius 1 is 1.35 bits per heavy atom. The summed E-state index contributed by atoms with van der Waals surface area (Å²) < 4.78 is 0. The van der Waals surface area contributed by atoms with Crippen LogP contribution in [0.3, 0.4) is 0 Å². The number of carbonyl (C=O) groups is 1. The Balaban J connectivity index is 2.21. The number of aryl methyl sites for hydroxylation is 1. The van der Waals surface area contributed by atoms with Crippen LogP contribution in [0.5, 0.6) is 0 Å². The average molecular weight is 234 g/mol. The van der Waals surface area contributed by atoms with Gasteiger partial charge in [0.15, 0.2) is 0 Å². The van der Waals surface area contributed by atoms with Crippen molar-refractivity contribution in [2.75, 3.05) is 0 Å². The van der Waals surface area contributed by atoms with Crippen LogP contribution in [-0.4, -0.2) is 11.9 Å². The molecule has 0 saturated heterocycles. The van der Waals surface area contributed by atoms with Crippen LogP contribution in [-0.2, 0) is 11.3 Å². The van der Waals surface area contributed by atoms with Crippen LogP contribution in [0.25, 0.3) is 0 Å². The lowest BCUT2D eigenvalue weighted by molar-refractivity contribution is -0.121. The Kier molecular flexibility index (Phi) is 5.70. The number of amides is 1. The lowest BCUT2D eigenvalue weighted by Gasteiger charge is -2.07. The first-order chi connectivity index (χ1) is 8.08. The van der Waals surface area contributed by atoms with E-state index in [4.69, 9.17) is 5.73 Å². The van der Waals surface area contributed by atoms with E-state index >= 15 is 0 Å². The second-order valence-electron chi connectivity index (χ2n) is 4.63. The van der Waals surface area contributed by atoms with E-state index in [1.807, 2.05) is 19.1 Å². The number of hydrogen-bond acceptors (Lipinski definition) is 2. The van der Waals surface area contributed by atoms with Gasteiger partial charge in [-0.15, -0.1) is 0 Å². The zero-order chi connectivity index (χ0) is 12.7. The van der Waals surface area contributed by atoms with Gasteiger partial charge in [-0.3, -0.25) is 4.79 Å². The van der Waals surface area contributed by atoms with Crippen molar-refractivity contribution in [3.8, 4) is 0 Å². The first kappa shape index (κ1) is 13.7. The number of benzene rings is 1. The molecule has 0 heterocycles. The highest BCUT2D eigenvalue weighted by Gasteiger charge is 2.02. The van der Waals surface area contributed by atoms with Gasteiger partial charge in [0.2, 0.25) is 5.91 Å². The van der Waals surface area contributed by atoms with E-state index in [0.717, 1.165) is 18.4 Å². The number of nitrogens with one attached hydrogen (secondary N) is 1. The van der Waals surface area contributed by atoms with Gasteiger partial charge in [0.05, 0.1) is 0 Å². The molecule has 1 aromatic rings. The summed E-state index contributed by atoms with van der Waals surface area (Å²) in [5.41, 5.74) is 7.99. The normalized spacial score (nSPS) is 12.2. The van der Waals surface area contributed by atoms with Crippen LogP contribution in [0.4, 0.5) is 0 Å². The van der Waals surface area contributed by atoms with E-state index in [2.05, 4.69) is 24.4 Å². The SMILES string of the molecule is Cc1ccc(CNC(=O)CCCC(C)N)cc1. The van der Waals surface area contributed by atoms with Crippen LogP contribution in [0.2, 0.25) is 0 Å². The average Bonchev–Trinajstić information content (AvgIpc) is 2.28. The Labute approximate surface area is 103 Å². The predicted molar refractivity (Wildman–Crippen MR) is 70.5 cm³/mol. The molecule has 0 spiro atoms. The van der Waals surface area contributed by atoms with E-state index in [1.165, 1.54) is 5.56 Å². The Bertz CT molecular complexity index is 344. The lowest BCUT2D eigenvalue weighted by atomic mass is 10.1. The predicted octanol–water partition coefficient (Wildman–Crippen LogP) is 2.13. The second kappa shape index (κ2) is 7.07. The van der Waals surface area contributed by atoms with Crippen LogP contribution < -0.4 is 11.1 Å². The summed E-state index contributed by atoms with van der Waals surface area (Å²) in [7, 11) is 0. The van der Waals surface area contributed by atoms with Gasteiger partial charge in [-0.1, -0.05) is 29.8 Å². The minimum atomic E-state index is 0.103. The third-order valence-electron chi connectivity index (χ3n) is 2.67. The maximum atomic E-state index is 11.5. The zero-order valence-electron chi connectivity index (χ0n) is 10.7. The van der Waals surface area contributed by atoms with Gasteiger partial charge in [-0.2, -0.15) is 0 Å². The molecule has 0 aliphatic heterocycles. The Morgan fingerprint density at radius 2 is 2.00 bits per heavy atom. The first-order valence-electron chi connectivity index (χ1n) is 6.16. The summed E-state index contributed by atoms with van der Waals surface area (Å²) >= 11 is 0. The van der Waals surface area contributed by atoms with Gasteiger partial charge in [0, 0.05) is 19.0 Å². The molecule has 0 radical (unpaired) electrons. The van der Waals surface area contributed by atoms with Crippen molar-refractivity contribution in [3.05, 3.63) is 35.4 Å². The van der Waals surface area contributed by atoms with E-state index in [0.29, 0.717) is 13.0 Å². The highest BCUT2D eigenvalue weighted by molar-refractivity contribution is 5.75. The van der Waals surface area contributed by atoms with E-state index < -0.39 is 0 Å². The zero-order valence-corrected chi connectivity index (χ0v) is 10.7. The molecule has 0 aliphatic carbocycles. The van der Waals surface area contributed by atoms with Crippen molar-refractivity contribution in [2.24, 2.45) is 5.73 Å². The molecule has 0 saturated carbocycles. The molecule has 1 rings (SSSR count). The summed E-state index contributed by atoms with van der Waals surface area (Å²) in [6.45, 7) is 4.62. The summed E-state index contributed by atoms with van der Waals surface area (Å²) in [6.07, 6.45) is 2.32. The smallest absolute Gasteiger partial charge is 0.220 e. The third kappa shape index (κ3) is 6.07. The fourth-order valence-electron chi connectivity index (χ4n) is 1.58. The highest BCUT2D eigenvalue weighted by Crippen LogP contribution is 2.03. The van der Waals surface area contributed by atoms with Gasteiger partial charge >= 0.3 is 0 Å². The molecule has 0 fully saturated rings. The molecule has 0 aromatic heterocycles. The molecular formula is C14H22N2O. The van der Waals surface area contributed by atoms with E-state index in [-0.39, 0.29) is 11.9 Å². The summed E-state index contributed by atoms with van der Waals surface area (Å²) in [4.78, 5) is 11.5. The molecule has 0 bridgehead atoms. The van der Waals surface area contributed by atoms with Gasteiger partial charge in [0.1, 0.15) is 0 Å². The first-order valence-corrected chi connectivity index (χ1v) is 6.16. The van der Waals surface area contributed by atoms with Gasteiger partial charge in [0.25, 0.3) is 0 Å². The van der Waals surface area contributed by atoms with Crippen LogP contribution in [0.15, 0.2) is 24.3 Å².